The number of pyridine rings is 1. The second-order valence-corrected chi connectivity index (χ2v) is 7.16. The topological polar surface area (TPSA) is 51.7 Å². The Kier molecular flexibility index (Phi) is 4.74. The average Bonchev–Trinajstić information content (AvgIpc) is 2.57. The van der Waals surface area contributed by atoms with Gasteiger partial charge in [-0.25, -0.2) is 0 Å². The van der Waals surface area contributed by atoms with Crippen molar-refractivity contribution in [1.82, 2.24) is 9.88 Å². The Balaban J connectivity index is 1.35. The fourth-order valence-corrected chi connectivity index (χ4v) is 3.52. The summed E-state index contributed by atoms with van der Waals surface area (Å²) in [6, 6.07) is 9.44. The van der Waals surface area contributed by atoms with Crippen LogP contribution in [0.25, 0.3) is 0 Å². The zero-order chi connectivity index (χ0) is 19.8. The Hall–Kier alpha value is -2.61. The van der Waals surface area contributed by atoms with E-state index in [1.165, 1.54) is 18.2 Å². The Morgan fingerprint density at radius 2 is 2.04 bits per heavy atom. The highest BCUT2D eigenvalue weighted by Gasteiger charge is 2.53. The number of hydrogen-bond acceptors (Lipinski definition) is 4. The molecule has 2 fully saturated rings. The van der Waals surface area contributed by atoms with Gasteiger partial charge in [0.2, 0.25) is 0 Å². The minimum atomic E-state index is -4.71. The van der Waals surface area contributed by atoms with E-state index in [0.717, 1.165) is 24.2 Å². The fourth-order valence-electron chi connectivity index (χ4n) is 3.52. The zero-order valence-corrected chi connectivity index (χ0v) is 15.0. The minimum absolute atomic E-state index is 0.0365. The Morgan fingerprint density at radius 3 is 2.61 bits per heavy atom. The van der Waals surface area contributed by atoms with Crippen LogP contribution in [0.15, 0.2) is 42.6 Å². The van der Waals surface area contributed by atoms with Crippen LogP contribution in [0.2, 0.25) is 0 Å². The van der Waals surface area contributed by atoms with Crippen LogP contribution in [0.4, 0.5) is 13.2 Å². The zero-order valence-electron chi connectivity index (χ0n) is 15.0. The monoisotopic (exact) mass is 392 g/mol. The number of hydrogen-bond donors (Lipinski definition) is 0. The molecular weight excluding hydrogens is 373 g/mol. The smallest absolute Gasteiger partial charge is 0.406 e. The predicted octanol–water partition coefficient (Wildman–Crippen LogP) is 3.38. The summed E-state index contributed by atoms with van der Waals surface area (Å²) in [4.78, 5) is 18.8. The van der Waals surface area contributed by atoms with Gasteiger partial charge in [0, 0.05) is 18.4 Å². The second-order valence-electron chi connectivity index (χ2n) is 7.16. The molecule has 148 valence electrons. The molecule has 0 atom stereocenters. The number of aryl methyl sites for hydroxylation is 2. The Morgan fingerprint density at radius 1 is 1.21 bits per heavy atom. The highest BCUT2D eigenvalue weighted by Crippen LogP contribution is 2.38. The maximum absolute atomic E-state index is 12.6. The fraction of sp³-hybridized carbons (Fsp3) is 0.400. The average molecular weight is 392 g/mol. The number of halogens is 3. The van der Waals surface area contributed by atoms with Crippen LogP contribution in [-0.2, 0) is 17.6 Å². The molecule has 1 aromatic heterocycles. The molecule has 0 radical (unpaired) electrons. The summed E-state index contributed by atoms with van der Waals surface area (Å²) in [6.07, 6.45) is -1.11. The van der Waals surface area contributed by atoms with Gasteiger partial charge in [-0.1, -0.05) is 12.1 Å². The summed E-state index contributed by atoms with van der Waals surface area (Å²) < 4.78 is 46.1. The van der Waals surface area contributed by atoms with E-state index in [1.54, 1.807) is 24.4 Å². The summed E-state index contributed by atoms with van der Waals surface area (Å²) in [5, 5.41) is 0. The third-order valence-corrected chi connectivity index (χ3v) is 5.23. The molecule has 1 aromatic carbocycles. The molecule has 0 bridgehead atoms. The van der Waals surface area contributed by atoms with Crippen molar-refractivity contribution >= 4 is 5.91 Å². The van der Waals surface area contributed by atoms with E-state index in [-0.39, 0.29) is 17.2 Å². The number of amides is 1. The number of likely N-dealkylation sites (tertiary alicyclic amines) is 1. The quantitative estimate of drug-likeness (QED) is 0.783. The minimum Gasteiger partial charge on any atom is -0.406 e. The molecule has 2 saturated heterocycles. The summed E-state index contributed by atoms with van der Waals surface area (Å²) in [6.45, 7) is 1.93. The normalized spacial score (nSPS) is 17.8. The van der Waals surface area contributed by atoms with Gasteiger partial charge in [0.15, 0.2) is 0 Å². The number of benzene rings is 1. The standard InChI is InChI=1S/C20H19F3N2O3/c21-20(22,23)28-17-3-1-2-14(10-17)4-6-16-7-5-15(11-24-16)18(26)25-9-8-19(25)12-27-13-19/h1-3,5,7,10-11H,4,6,8-9,12-13H2. The molecule has 0 aliphatic carbocycles. The van der Waals surface area contributed by atoms with E-state index < -0.39 is 6.36 Å². The van der Waals surface area contributed by atoms with Crippen molar-refractivity contribution in [1.29, 1.82) is 0 Å². The molecule has 2 aromatic rings. The molecular formula is C20H19F3N2O3. The number of aromatic nitrogens is 1. The van der Waals surface area contributed by atoms with E-state index in [9.17, 15) is 18.0 Å². The van der Waals surface area contributed by atoms with Gasteiger partial charge in [0.05, 0.1) is 24.3 Å². The van der Waals surface area contributed by atoms with E-state index in [4.69, 9.17) is 4.74 Å². The lowest BCUT2D eigenvalue weighted by molar-refractivity contribution is -0.274. The third-order valence-electron chi connectivity index (χ3n) is 5.23. The maximum Gasteiger partial charge on any atom is 0.573 e. The van der Waals surface area contributed by atoms with Crippen LogP contribution >= 0.6 is 0 Å². The predicted molar refractivity (Wildman–Crippen MR) is 94.0 cm³/mol. The van der Waals surface area contributed by atoms with Crippen molar-refractivity contribution in [3.8, 4) is 5.75 Å². The van der Waals surface area contributed by atoms with Crippen LogP contribution in [0, 0.1) is 0 Å². The van der Waals surface area contributed by atoms with Gasteiger partial charge < -0.3 is 14.4 Å². The third kappa shape index (κ3) is 3.82. The second kappa shape index (κ2) is 7.09. The van der Waals surface area contributed by atoms with E-state index >= 15 is 0 Å². The largest absolute Gasteiger partial charge is 0.573 e. The Bertz CT molecular complexity index is 858. The van der Waals surface area contributed by atoms with Gasteiger partial charge in [-0.3, -0.25) is 9.78 Å². The number of rotatable bonds is 5. The molecule has 0 saturated carbocycles. The first-order valence-electron chi connectivity index (χ1n) is 9.04. The van der Waals surface area contributed by atoms with E-state index in [0.29, 0.717) is 31.6 Å². The maximum atomic E-state index is 12.6. The van der Waals surface area contributed by atoms with Gasteiger partial charge in [0.1, 0.15) is 5.75 Å². The van der Waals surface area contributed by atoms with Gasteiger partial charge >= 0.3 is 6.36 Å². The molecule has 2 aliphatic rings. The van der Waals surface area contributed by atoms with E-state index in [1.807, 2.05) is 4.90 Å². The van der Waals surface area contributed by atoms with Crippen molar-refractivity contribution in [2.24, 2.45) is 0 Å². The number of alkyl halides is 3. The first-order chi connectivity index (χ1) is 13.3. The lowest BCUT2D eigenvalue weighted by Gasteiger charge is -2.57. The SMILES string of the molecule is O=C(c1ccc(CCc2cccc(OC(F)(F)F)c2)nc1)N1CCC12COC2. The molecule has 4 rings (SSSR count). The molecule has 28 heavy (non-hydrogen) atoms. The van der Waals surface area contributed by atoms with Gasteiger partial charge in [-0.15, -0.1) is 13.2 Å². The summed E-state index contributed by atoms with van der Waals surface area (Å²) in [7, 11) is 0. The van der Waals surface area contributed by atoms with Crippen LogP contribution < -0.4 is 4.74 Å². The summed E-state index contributed by atoms with van der Waals surface area (Å²) in [5.41, 5.74) is 1.91. The molecule has 0 N–H and O–H groups in total. The van der Waals surface area contributed by atoms with Crippen LogP contribution in [-0.4, -0.2) is 47.5 Å². The summed E-state index contributed by atoms with van der Waals surface area (Å²) >= 11 is 0. The molecule has 1 amide bonds. The molecule has 2 aliphatic heterocycles. The van der Waals surface area contributed by atoms with Crippen molar-refractivity contribution in [3.63, 3.8) is 0 Å². The van der Waals surface area contributed by atoms with Crippen molar-refractivity contribution in [2.75, 3.05) is 19.8 Å². The van der Waals surface area contributed by atoms with Crippen LogP contribution in [0.3, 0.4) is 0 Å². The van der Waals surface area contributed by atoms with E-state index in [2.05, 4.69) is 9.72 Å². The highest BCUT2D eigenvalue weighted by molar-refractivity contribution is 5.95. The molecule has 0 unspecified atom stereocenters. The van der Waals surface area contributed by atoms with Crippen molar-refractivity contribution in [3.05, 3.63) is 59.4 Å². The Labute approximate surface area is 160 Å². The number of carbonyl (C=O) groups excluding carboxylic acids is 1. The van der Waals surface area contributed by atoms with Crippen molar-refractivity contribution < 1.29 is 27.4 Å². The lowest BCUT2D eigenvalue weighted by Crippen LogP contribution is -2.72. The van der Waals surface area contributed by atoms with Crippen molar-refractivity contribution in [2.45, 2.75) is 31.2 Å². The number of carbonyl (C=O) groups is 1. The molecule has 3 heterocycles. The first-order valence-corrected chi connectivity index (χ1v) is 9.04. The highest BCUT2D eigenvalue weighted by atomic mass is 19.4. The van der Waals surface area contributed by atoms with Gasteiger partial charge in [-0.05, 0) is 49.1 Å². The van der Waals surface area contributed by atoms with Gasteiger partial charge in [0.25, 0.3) is 5.91 Å². The molecule has 1 spiro atoms. The first kappa shape index (κ1) is 18.7. The molecule has 5 nitrogen and oxygen atoms in total. The van der Waals surface area contributed by atoms with Crippen LogP contribution in [0.5, 0.6) is 5.75 Å². The van der Waals surface area contributed by atoms with Crippen LogP contribution in [0.1, 0.15) is 28.0 Å². The number of ether oxygens (including phenoxy) is 2. The number of nitrogens with zero attached hydrogens (tertiary/aromatic N) is 2. The summed E-state index contributed by atoms with van der Waals surface area (Å²) in [5.74, 6) is -0.270. The lowest BCUT2D eigenvalue weighted by atomic mass is 9.82. The van der Waals surface area contributed by atoms with Gasteiger partial charge in [-0.2, -0.15) is 0 Å². The molecule has 8 heteroatoms.